The lowest BCUT2D eigenvalue weighted by Gasteiger charge is -2.23. The van der Waals surface area contributed by atoms with Crippen molar-refractivity contribution in [2.24, 2.45) is 7.05 Å². The molecule has 2 aromatic rings. The summed E-state index contributed by atoms with van der Waals surface area (Å²) in [6, 6.07) is 8.65. The number of thioether (sulfide) groups is 1. The van der Waals surface area contributed by atoms with E-state index in [0.717, 1.165) is 23.1 Å². The first-order valence-corrected chi connectivity index (χ1v) is 8.57. The van der Waals surface area contributed by atoms with E-state index in [1.807, 2.05) is 0 Å². The van der Waals surface area contributed by atoms with E-state index in [0.29, 0.717) is 6.04 Å². The van der Waals surface area contributed by atoms with Gasteiger partial charge in [-0.1, -0.05) is 18.6 Å². The second-order valence-electron chi connectivity index (χ2n) is 5.64. The zero-order chi connectivity index (χ0) is 13.9. The fraction of sp³-hybridized carbons (Fsp3) is 0.562. The number of hydrogen-bond donors (Lipinski definition) is 1. The fourth-order valence-electron chi connectivity index (χ4n) is 2.92. The minimum Gasteiger partial charge on any atom is -0.330 e. The third-order valence-electron chi connectivity index (χ3n) is 4.13. The Hall–Kier alpha value is -1.00. The van der Waals surface area contributed by atoms with E-state index in [4.69, 9.17) is 4.98 Å². The lowest BCUT2D eigenvalue weighted by Crippen LogP contribution is -2.30. The molecule has 2 unspecified atom stereocenters. The Balaban J connectivity index is 1.68. The van der Waals surface area contributed by atoms with E-state index in [-0.39, 0.29) is 0 Å². The molecule has 20 heavy (non-hydrogen) atoms. The van der Waals surface area contributed by atoms with Gasteiger partial charge in [-0.05, 0) is 37.7 Å². The number of hydrogen-bond acceptors (Lipinski definition) is 3. The van der Waals surface area contributed by atoms with Crippen molar-refractivity contribution in [2.75, 3.05) is 12.3 Å². The van der Waals surface area contributed by atoms with Crippen LogP contribution in [0.2, 0.25) is 0 Å². The number of aryl methyl sites for hydroxylation is 1. The van der Waals surface area contributed by atoms with E-state index < -0.39 is 0 Å². The van der Waals surface area contributed by atoms with Gasteiger partial charge in [-0.3, -0.25) is 0 Å². The van der Waals surface area contributed by atoms with Gasteiger partial charge in [-0.25, -0.2) is 4.98 Å². The average molecular weight is 289 g/mol. The molecule has 0 bridgehead atoms. The number of rotatable bonds is 4. The van der Waals surface area contributed by atoms with Crippen LogP contribution in [0.3, 0.4) is 0 Å². The molecule has 108 valence electrons. The molecule has 1 aromatic heterocycles. The summed E-state index contributed by atoms with van der Waals surface area (Å²) < 4.78 is 2.21. The van der Waals surface area contributed by atoms with Gasteiger partial charge in [-0.2, -0.15) is 11.8 Å². The second-order valence-corrected chi connectivity index (χ2v) is 7.04. The van der Waals surface area contributed by atoms with Gasteiger partial charge in [0.2, 0.25) is 0 Å². The molecule has 2 heterocycles. The van der Waals surface area contributed by atoms with Gasteiger partial charge >= 0.3 is 0 Å². The highest BCUT2D eigenvalue weighted by Crippen LogP contribution is 2.25. The number of benzene rings is 1. The zero-order valence-corrected chi connectivity index (χ0v) is 13.1. The van der Waals surface area contributed by atoms with Crippen LogP contribution in [0, 0.1) is 0 Å². The smallest absolute Gasteiger partial charge is 0.126 e. The molecule has 3 nitrogen and oxygen atoms in total. The van der Waals surface area contributed by atoms with Crippen LogP contribution in [0.15, 0.2) is 24.3 Å². The van der Waals surface area contributed by atoms with E-state index in [9.17, 15) is 0 Å². The highest BCUT2D eigenvalue weighted by Gasteiger charge is 2.17. The van der Waals surface area contributed by atoms with Gasteiger partial charge in [0.05, 0.1) is 17.1 Å². The maximum atomic E-state index is 4.77. The van der Waals surface area contributed by atoms with Crippen molar-refractivity contribution >= 4 is 22.8 Å². The van der Waals surface area contributed by atoms with Crippen LogP contribution >= 0.6 is 11.8 Å². The molecule has 0 saturated carbocycles. The summed E-state index contributed by atoms with van der Waals surface area (Å²) in [7, 11) is 2.11. The Bertz CT molecular complexity index is 572. The minimum absolute atomic E-state index is 0.301. The summed E-state index contributed by atoms with van der Waals surface area (Å²) in [5.41, 5.74) is 2.30. The van der Waals surface area contributed by atoms with Gasteiger partial charge in [-0.15, -0.1) is 0 Å². The number of imidazole rings is 1. The molecule has 1 aromatic carbocycles. The number of aromatic nitrogens is 2. The fourth-order valence-corrected chi connectivity index (χ4v) is 4.17. The minimum atomic E-state index is 0.301. The van der Waals surface area contributed by atoms with Crippen LogP contribution in [-0.2, 0) is 7.05 Å². The molecule has 1 fully saturated rings. The van der Waals surface area contributed by atoms with Crippen LogP contribution in [0.1, 0.15) is 38.1 Å². The quantitative estimate of drug-likeness (QED) is 0.934. The Morgan fingerprint density at radius 2 is 2.25 bits per heavy atom. The van der Waals surface area contributed by atoms with Crippen LogP contribution in [-0.4, -0.2) is 27.1 Å². The highest BCUT2D eigenvalue weighted by molar-refractivity contribution is 7.99. The maximum Gasteiger partial charge on any atom is 0.126 e. The summed E-state index contributed by atoms with van der Waals surface area (Å²) in [6.07, 6.45) is 4.13. The molecule has 1 saturated heterocycles. The standard InChI is InChI=1S/C16H23N3S/c1-12(17-11-13-7-5-6-10-20-13)16-18-14-8-3-4-9-15(14)19(16)2/h3-4,8-9,12-13,17H,5-7,10-11H2,1-2H3. The lowest BCUT2D eigenvalue weighted by molar-refractivity contribution is 0.511. The van der Waals surface area contributed by atoms with Gasteiger partial charge in [0.1, 0.15) is 5.82 Å². The van der Waals surface area contributed by atoms with Crippen molar-refractivity contribution < 1.29 is 0 Å². The summed E-state index contributed by atoms with van der Waals surface area (Å²) in [5, 5.41) is 4.44. The molecule has 2 atom stereocenters. The van der Waals surface area contributed by atoms with Gasteiger partial charge in [0.25, 0.3) is 0 Å². The topological polar surface area (TPSA) is 29.9 Å². The maximum absolute atomic E-state index is 4.77. The Labute approximate surface area is 125 Å². The molecule has 1 N–H and O–H groups in total. The van der Waals surface area contributed by atoms with E-state index in [2.05, 4.69) is 59.9 Å². The zero-order valence-electron chi connectivity index (χ0n) is 12.3. The van der Waals surface area contributed by atoms with Crippen molar-refractivity contribution in [3.63, 3.8) is 0 Å². The SMILES string of the molecule is CC(NCC1CCCCS1)c1nc2ccccc2n1C. The van der Waals surface area contributed by atoms with Crippen molar-refractivity contribution in [3.05, 3.63) is 30.1 Å². The van der Waals surface area contributed by atoms with Crippen LogP contribution in [0.4, 0.5) is 0 Å². The second kappa shape index (κ2) is 6.19. The third kappa shape index (κ3) is 2.86. The molecule has 0 aliphatic carbocycles. The number of para-hydroxylation sites is 2. The molecule has 0 amide bonds. The Morgan fingerprint density at radius 1 is 1.40 bits per heavy atom. The number of fused-ring (bicyclic) bond motifs is 1. The van der Waals surface area contributed by atoms with Gasteiger partial charge in [0.15, 0.2) is 0 Å². The Morgan fingerprint density at radius 3 is 3.00 bits per heavy atom. The van der Waals surface area contributed by atoms with E-state index in [1.165, 1.54) is 30.5 Å². The molecule has 3 rings (SSSR count). The largest absolute Gasteiger partial charge is 0.330 e. The summed E-state index contributed by atoms with van der Waals surface area (Å²) in [6.45, 7) is 3.31. The van der Waals surface area contributed by atoms with Gasteiger partial charge in [0, 0.05) is 18.8 Å². The number of nitrogens with one attached hydrogen (secondary N) is 1. The summed E-state index contributed by atoms with van der Waals surface area (Å²) in [5.74, 6) is 2.46. The third-order valence-corrected chi connectivity index (χ3v) is 5.53. The van der Waals surface area contributed by atoms with E-state index >= 15 is 0 Å². The van der Waals surface area contributed by atoms with Crippen molar-refractivity contribution in [1.29, 1.82) is 0 Å². The molecule has 1 aliphatic heterocycles. The van der Waals surface area contributed by atoms with Crippen LogP contribution in [0.5, 0.6) is 0 Å². The van der Waals surface area contributed by atoms with Gasteiger partial charge < -0.3 is 9.88 Å². The van der Waals surface area contributed by atoms with Crippen molar-refractivity contribution in [1.82, 2.24) is 14.9 Å². The van der Waals surface area contributed by atoms with Crippen LogP contribution in [0.25, 0.3) is 11.0 Å². The molecular weight excluding hydrogens is 266 g/mol. The average Bonchev–Trinajstić information content (AvgIpc) is 2.84. The van der Waals surface area contributed by atoms with E-state index in [1.54, 1.807) is 0 Å². The summed E-state index contributed by atoms with van der Waals surface area (Å²) >= 11 is 2.12. The Kier molecular flexibility index (Phi) is 4.32. The van der Waals surface area contributed by atoms with Crippen molar-refractivity contribution in [3.8, 4) is 0 Å². The van der Waals surface area contributed by atoms with Crippen molar-refractivity contribution in [2.45, 2.75) is 37.5 Å². The normalized spacial score (nSPS) is 21.2. The predicted octanol–water partition coefficient (Wildman–Crippen LogP) is 3.51. The molecule has 1 aliphatic rings. The first-order valence-electron chi connectivity index (χ1n) is 7.52. The molecule has 0 spiro atoms. The summed E-state index contributed by atoms with van der Waals surface area (Å²) in [4.78, 5) is 4.77. The molecule has 4 heteroatoms. The first kappa shape index (κ1) is 14.0. The first-order chi connectivity index (χ1) is 9.75. The molecule has 0 radical (unpaired) electrons. The van der Waals surface area contributed by atoms with Crippen LogP contribution < -0.4 is 5.32 Å². The highest BCUT2D eigenvalue weighted by atomic mass is 32.2. The molecular formula is C16H23N3S. The monoisotopic (exact) mass is 289 g/mol. The number of nitrogens with zero attached hydrogens (tertiary/aromatic N) is 2. The predicted molar refractivity (Wildman–Crippen MR) is 87.2 cm³/mol. The lowest BCUT2D eigenvalue weighted by atomic mass is 10.2.